The fourth-order valence-corrected chi connectivity index (χ4v) is 3.18. The molecule has 0 atom stereocenters. The van der Waals surface area contributed by atoms with Gasteiger partial charge in [0, 0.05) is 30.1 Å². The molecule has 0 unspecified atom stereocenters. The van der Waals surface area contributed by atoms with E-state index in [1.165, 1.54) is 0 Å². The number of fused-ring (bicyclic) bond motifs is 1. The van der Waals surface area contributed by atoms with Gasteiger partial charge < -0.3 is 15.0 Å². The van der Waals surface area contributed by atoms with Crippen molar-refractivity contribution in [2.75, 3.05) is 27.2 Å². The average molecular weight is 335 g/mol. The highest BCUT2D eigenvalue weighted by Crippen LogP contribution is 2.29. The van der Waals surface area contributed by atoms with Gasteiger partial charge in [0.2, 0.25) is 0 Å². The van der Waals surface area contributed by atoms with E-state index in [2.05, 4.69) is 5.32 Å². The van der Waals surface area contributed by atoms with Crippen LogP contribution in [-0.2, 0) is 0 Å². The van der Waals surface area contributed by atoms with Crippen LogP contribution >= 0.6 is 12.4 Å². The maximum atomic E-state index is 12.9. The van der Waals surface area contributed by atoms with Crippen LogP contribution in [0.1, 0.15) is 23.2 Å². The molecule has 1 aliphatic rings. The van der Waals surface area contributed by atoms with E-state index in [0.717, 1.165) is 48.0 Å². The summed E-state index contributed by atoms with van der Waals surface area (Å²) in [6.45, 7) is 1.62. The van der Waals surface area contributed by atoms with Crippen molar-refractivity contribution in [1.29, 1.82) is 0 Å². The number of amides is 1. The molecule has 1 N–H and O–H groups in total. The fourth-order valence-electron chi connectivity index (χ4n) is 3.18. The zero-order valence-electron chi connectivity index (χ0n) is 13.5. The van der Waals surface area contributed by atoms with E-state index >= 15 is 0 Å². The molecule has 0 spiro atoms. The molecule has 0 radical (unpaired) electrons. The lowest BCUT2D eigenvalue weighted by Crippen LogP contribution is -2.44. The van der Waals surface area contributed by atoms with Crippen molar-refractivity contribution >= 4 is 29.1 Å². The summed E-state index contributed by atoms with van der Waals surface area (Å²) in [6, 6.07) is 12.2. The minimum atomic E-state index is 0. The minimum absolute atomic E-state index is 0. The summed E-state index contributed by atoms with van der Waals surface area (Å²) in [5, 5.41) is 5.24. The molecule has 1 heterocycles. The monoisotopic (exact) mass is 334 g/mol. The normalized spacial score (nSPS) is 15.3. The summed E-state index contributed by atoms with van der Waals surface area (Å²) < 4.78 is 5.40. The van der Waals surface area contributed by atoms with Crippen molar-refractivity contribution in [2.45, 2.75) is 18.9 Å². The summed E-state index contributed by atoms with van der Waals surface area (Å²) in [5.74, 6) is 0.925. The Hall–Kier alpha value is -1.78. The third kappa shape index (κ3) is 3.43. The van der Waals surface area contributed by atoms with Crippen LogP contribution < -0.4 is 10.1 Å². The van der Waals surface area contributed by atoms with Gasteiger partial charge in [-0.2, -0.15) is 0 Å². The molecule has 1 saturated heterocycles. The molecule has 1 aliphatic heterocycles. The number of hydrogen-bond acceptors (Lipinski definition) is 3. The van der Waals surface area contributed by atoms with E-state index in [0.29, 0.717) is 6.04 Å². The average Bonchev–Trinajstić information content (AvgIpc) is 2.60. The van der Waals surface area contributed by atoms with Gasteiger partial charge in [-0.15, -0.1) is 12.4 Å². The standard InChI is InChI=1S/C18H22N2O2.ClH/c1-19-13-9-11-20(12-10-13)18(21)16-7-8-17(22-2)15-6-4-3-5-14(15)16;/h3-8,13,19H,9-12H2,1-2H3;1H. The zero-order chi connectivity index (χ0) is 15.5. The molecule has 0 saturated carbocycles. The third-order valence-electron chi connectivity index (χ3n) is 4.52. The number of carbonyl (C=O) groups is 1. The van der Waals surface area contributed by atoms with Gasteiger partial charge in [0.1, 0.15) is 5.75 Å². The molecule has 23 heavy (non-hydrogen) atoms. The largest absolute Gasteiger partial charge is 0.496 e. The molecule has 1 amide bonds. The van der Waals surface area contributed by atoms with Crippen LogP contribution in [0.4, 0.5) is 0 Å². The van der Waals surface area contributed by atoms with Crippen molar-refractivity contribution in [2.24, 2.45) is 0 Å². The van der Waals surface area contributed by atoms with Crippen LogP contribution in [0.5, 0.6) is 5.75 Å². The first kappa shape index (κ1) is 17.6. The highest BCUT2D eigenvalue weighted by atomic mass is 35.5. The Balaban J connectivity index is 0.00000192. The maximum Gasteiger partial charge on any atom is 0.254 e. The van der Waals surface area contributed by atoms with Gasteiger partial charge in [-0.3, -0.25) is 4.79 Å². The van der Waals surface area contributed by atoms with Gasteiger partial charge in [-0.25, -0.2) is 0 Å². The van der Waals surface area contributed by atoms with Crippen LogP contribution in [0.2, 0.25) is 0 Å². The first-order valence-electron chi connectivity index (χ1n) is 7.77. The van der Waals surface area contributed by atoms with Crippen LogP contribution in [-0.4, -0.2) is 44.1 Å². The summed E-state index contributed by atoms with van der Waals surface area (Å²) in [4.78, 5) is 14.8. The predicted octanol–water partition coefficient (Wildman–Crippen LogP) is 3.09. The van der Waals surface area contributed by atoms with Gasteiger partial charge in [-0.1, -0.05) is 24.3 Å². The van der Waals surface area contributed by atoms with E-state index in [4.69, 9.17) is 4.74 Å². The number of ether oxygens (including phenoxy) is 1. The molecule has 2 aromatic carbocycles. The molecular weight excluding hydrogens is 312 g/mol. The number of nitrogens with one attached hydrogen (secondary N) is 1. The van der Waals surface area contributed by atoms with Crippen molar-refractivity contribution in [3.05, 3.63) is 42.0 Å². The van der Waals surface area contributed by atoms with Crippen LogP contribution in [0, 0.1) is 0 Å². The summed E-state index contributed by atoms with van der Waals surface area (Å²) in [7, 11) is 3.64. The van der Waals surface area contributed by atoms with Gasteiger partial charge in [0.25, 0.3) is 5.91 Å². The first-order valence-corrected chi connectivity index (χ1v) is 7.77. The van der Waals surface area contributed by atoms with E-state index < -0.39 is 0 Å². The van der Waals surface area contributed by atoms with Crippen molar-refractivity contribution in [1.82, 2.24) is 10.2 Å². The molecule has 5 heteroatoms. The van der Waals surface area contributed by atoms with Crippen LogP contribution in [0.25, 0.3) is 10.8 Å². The number of nitrogens with zero attached hydrogens (tertiary/aromatic N) is 1. The van der Waals surface area contributed by atoms with Gasteiger partial charge in [0.15, 0.2) is 0 Å². The number of methoxy groups -OCH3 is 1. The van der Waals surface area contributed by atoms with Crippen LogP contribution in [0.3, 0.4) is 0 Å². The van der Waals surface area contributed by atoms with Crippen molar-refractivity contribution in [3.63, 3.8) is 0 Å². The molecule has 3 rings (SSSR count). The lowest BCUT2D eigenvalue weighted by Gasteiger charge is -2.32. The lowest BCUT2D eigenvalue weighted by molar-refractivity contribution is 0.0709. The second-order valence-corrected chi connectivity index (χ2v) is 5.72. The zero-order valence-corrected chi connectivity index (χ0v) is 14.4. The van der Waals surface area contributed by atoms with Crippen LogP contribution in [0.15, 0.2) is 36.4 Å². The van der Waals surface area contributed by atoms with E-state index in [9.17, 15) is 4.79 Å². The van der Waals surface area contributed by atoms with Crippen molar-refractivity contribution < 1.29 is 9.53 Å². The maximum absolute atomic E-state index is 12.9. The molecule has 2 aromatic rings. The summed E-state index contributed by atoms with van der Waals surface area (Å²) >= 11 is 0. The smallest absolute Gasteiger partial charge is 0.254 e. The van der Waals surface area contributed by atoms with Gasteiger partial charge in [0.05, 0.1) is 7.11 Å². The number of likely N-dealkylation sites (tertiary alicyclic amines) is 1. The van der Waals surface area contributed by atoms with E-state index in [1.54, 1.807) is 7.11 Å². The van der Waals surface area contributed by atoms with Gasteiger partial charge >= 0.3 is 0 Å². The summed E-state index contributed by atoms with van der Waals surface area (Å²) in [5.41, 5.74) is 0.763. The molecule has 124 valence electrons. The predicted molar refractivity (Wildman–Crippen MR) is 95.7 cm³/mol. The number of hydrogen-bond donors (Lipinski definition) is 1. The number of benzene rings is 2. The van der Waals surface area contributed by atoms with E-state index in [-0.39, 0.29) is 18.3 Å². The quantitative estimate of drug-likeness (QED) is 0.937. The summed E-state index contributed by atoms with van der Waals surface area (Å²) in [6.07, 6.45) is 2.02. The Kier molecular flexibility index (Phi) is 5.85. The third-order valence-corrected chi connectivity index (χ3v) is 4.52. The Labute approximate surface area is 143 Å². The molecule has 0 aromatic heterocycles. The van der Waals surface area contributed by atoms with Gasteiger partial charge in [-0.05, 0) is 37.4 Å². The SMILES string of the molecule is CNC1CCN(C(=O)c2ccc(OC)c3ccccc23)CC1.Cl. The molecule has 0 bridgehead atoms. The second-order valence-electron chi connectivity index (χ2n) is 5.72. The number of piperidine rings is 1. The second kappa shape index (κ2) is 7.66. The van der Waals surface area contributed by atoms with Crippen molar-refractivity contribution in [3.8, 4) is 5.75 Å². The lowest BCUT2D eigenvalue weighted by atomic mass is 10.0. The number of halogens is 1. The molecular formula is C18H23ClN2O2. The van der Waals surface area contributed by atoms with E-state index in [1.807, 2.05) is 48.3 Å². The first-order chi connectivity index (χ1) is 10.7. The molecule has 0 aliphatic carbocycles. The highest BCUT2D eigenvalue weighted by molar-refractivity contribution is 6.08. The highest BCUT2D eigenvalue weighted by Gasteiger charge is 2.24. The number of rotatable bonds is 3. The molecule has 1 fully saturated rings. The topological polar surface area (TPSA) is 41.6 Å². The Morgan fingerprint density at radius 1 is 1.13 bits per heavy atom. The number of carbonyl (C=O) groups excluding carboxylic acids is 1. The Bertz CT molecular complexity index is 682. The fraction of sp³-hybridized carbons (Fsp3) is 0.389. The Morgan fingerprint density at radius 3 is 2.39 bits per heavy atom. The Morgan fingerprint density at radius 2 is 1.78 bits per heavy atom. The minimum Gasteiger partial charge on any atom is -0.496 e. The molecule has 4 nitrogen and oxygen atoms in total.